The van der Waals surface area contributed by atoms with Crippen LogP contribution < -0.4 is 0 Å². The highest BCUT2D eigenvalue weighted by Crippen LogP contribution is 2.15. The Morgan fingerprint density at radius 2 is 2.14 bits per heavy atom. The highest BCUT2D eigenvalue weighted by Gasteiger charge is 2.18. The van der Waals surface area contributed by atoms with Crippen LogP contribution in [0.1, 0.15) is 25.8 Å². The monoisotopic (exact) mass is 313 g/mol. The van der Waals surface area contributed by atoms with E-state index in [2.05, 4.69) is 6.58 Å². The number of aliphatic hydroxyl groups is 1. The number of ether oxygens (including phenoxy) is 1. The van der Waals surface area contributed by atoms with Crippen LogP contribution in [0.25, 0.3) is 0 Å². The molecule has 0 amide bonds. The van der Waals surface area contributed by atoms with Crippen molar-refractivity contribution in [2.45, 2.75) is 39.0 Å². The molecule has 0 aliphatic rings. The van der Waals surface area contributed by atoms with Gasteiger partial charge >= 0.3 is 0 Å². The van der Waals surface area contributed by atoms with Gasteiger partial charge in [-0.3, -0.25) is 4.90 Å². The number of hydrogen-bond acceptors (Lipinski definition) is 3. The summed E-state index contributed by atoms with van der Waals surface area (Å²) < 4.78 is 32.0. The van der Waals surface area contributed by atoms with Crippen LogP contribution in [-0.4, -0.2) is 41.9 Å². The van der Waals surface area contributed by atoms with Gasteiger partial charge in [-0.2, -0.15) is 0 Å². The van der Waals surface area contributed by atoms with E-state index in [0.717, 1.165) is 12.5 Å². The topological polar surface area (TPSA) is 32.7 Å². The Morgan fingerprint density at radius 1 is 1.41 bits per heavy atom. The highest BCUT2D eigenvalue weighted by molar-refractivity contribution is 5.18. The molecule has 0 spiro atoms. The zero-order valence-electron chi connectivity index (χ0n) is 13.3. The minimum absolute atomic E-state index is 0.165. The molecule has 0 saturated carbocycles. The predicted molar refractivity (Wildman–Crippen MR) is 83.5 cm³/mol. The number of aliphatic hydroxyl groups excluding tert-OH is 1. The van der Waals surface area contributed by atoms with Crippen LogP contribution in [0.2, 0.25) is 0 Å². The van der Waals surface area contributed by atoms with Crippen LogP contribution in [0.4, 0.5) is 8.78 Å². The van der Waals surface area contributed by atoms with Gasteiger partial charge in [-0.25, -0.2) is 8.78 Å². The summed E-state index contributed by atoms with van der Waals surface area (Å²) in [7, 11) is 0. The molecule has 2 atom stereocenters. The van der Waals surface area contributed by atoms with Crippen LogP contribution in [-0.2, 0) is 11.3 Å². The molecule has 0 radical (unpaired) electrons. The van der Waals surface area contributed by atoms with E-state index < -0.39 is 17.7 Å². The first-order valence-corrected chi connectivity index (χ1v) is 7.52. The second kappa shape index (κ2) is 9.66. The van der Waals surface area contributed by atoms with Crippen LogP contribution in [0.5, 0.6) is 0 Å². The van der Waals surface area contributed by atoms with E-state index in [9.17, 15) is 13.9 Å². The minimum Gasteiger partial charge on any atom is -0.389 e. The average Bonchev–Trinajstić information content (AvgIpc) is 2.48. The van der Waals surface area contributed by atoms with Crippen LogP contribution in [0, 0.1) is 11.6 Å². The Morgan fingerprint density at radius 3 is 2.73 bits per heavy atom. The van der Waals surface area contributed by atoms with E-state index in [1.165, 1.54) is 12.1 Å². The molecule has 1 aromatic rings. The Labute approximate surface area is 131 Å². The normalized spacial score (nSPS) is 14.1. The molecule has 0 aromatic heterocycles. The molecular formula is C17H25F2NO2. The van der Waals surface area contributed by atoms with E-state index in [4.69, 9.17) is 4.74 Å². The third-order valence-electron chi connectivity index (χ3n) is 3.59. The van der Waals surface area contributed by atoms with Gasteiger partial charge in [0.05, 0.1) is 19.3 Å². The largest absolute Gasteiger partial charge is 0.389 e. The lowest BCUT2D eigenvalue weighted by atomic mass is 10.1. The summed E-state index contributed by atoms with van der Waals surface area (Å²) >= 11 is 0. The lowest BCUT2D eigenvalue weighted by Crippen LogP contribution is -2.40. The van der Waals surface area contributed by atoms with Gasteiger partial charge in [0.2, 0.25) is 0 Å². The lowest BCUT2D eigenvalue weighted by molar-refractivity contribution is 0.0154. The van der Waals surface area contributed by atoms with Gasteiger partial charge in [0, 0.05) is 30.8 Å². The molecule has 124 valence electrons. The Hall–Kier alpha value is -1.30. The number of benzene rings is 1. The average molecular weight is 313 g/mol. The molecule has 5 heteroatoms. The summed E-state index contributed by atoms with van der Waals surface area (Å²) in [4.78, 5) is 1.97. The molecule has 1 N–H and O–H groups in total. The summed E-state index contributed by atoms with van der Waals surface area (Å²) in [5, 5.41) is 10.0. The van der Waals surface area contributed by atoms with Gasteiger partial charge in [0.1, 0.15) is 11.6 Å². The second-order valence-electron chi connectivity index (χ2n) is 5.40. The fourth-order valence-electron chi connectivity index (χ4n) is 2.14. The van der Waals surface area contributed by atoms with Crippen molar-refractivity contribution >= 4 is 0 Å². The Bertz CT molecular complexity index is 468. The molecule has 0 unspecified atom stereocenters. The molecule has 0 bridgehead atoms. The first-order valence-electron chi connectivity index (χ1n) is 7.52. The highest BCUT2D eigenvalue weighted by atomic mass is 19.1. The molecule has 0 fully saturated rings. The molecular weight excluding hydrogens is 288 g/mol. The molecule has 3 nitrogen and oxygen atoms in total. The van der Waals surface area contributed by atoms with E-state index in [1.807, 2.05) is 18.7 Å². The molecule has 22 heavy (non-hydrogen) atoms. The van der Waals surface area contributed by atoms with Crippen molar-refractivity contribution in [1.29, 1.82) is 0 Å². The van der Waals surface area contributed by atoms with Gasteiger partial charge in [-0.05, 0) is 19.4 Å². The molecule has 0 aliphatic heterocycles. The maximum absolute atomic E-state index is 13.8. The predicted octanol–water partition coefficient (Wildman–Crippen LogP) is 3.13. The fourth-order valence-corrected chi connectivity index (χ4v) is 2.14. The summed E-state index contributed by atoms with van der Waals surface area (Å²) in [5.41, 5.74) is 0.418. The van der Waals surface area contributed by atoms with Crippen molar-refractivity contribution in [1.82, 2.24) is 4.90 Å². The van der Waals surface area contributed by atoms with Crippen LogP contribution in [0.15, 0.2) is 30.9 Å². The van der Waals surface area contributed by atoms with E-state index in [0.29, 0.717) is 25.3 Å². The van der Waals surface area contributed by atoms with Gasteiger partial charge in [-0.1, -0.05) is 19.1 Å². The van der Waals surface area contributed by atoms with Crippen molar-refractivity contribution in [3.63, 3.8) is 0 Å². The molecule has 0 saturated heterocycles. The SMILES string of the molecule is C=CCOC[C@@H](O)CN(Cc1ccc(F)cc1F)[C@@H](C)CC. The third kappa shape index (κ3) is 6.22. The van der Waals surface area contributed by atoms with Crippen molar-refractivity contribution in [2.24, 2.45) is 0 Å². The Kier molecular flexibility index (Phi) is 8.24. The molecule has 1 rings (SSSR count). The van der Waals surface area contributed by atoms with Crippen molar-refractivity contribution in [3.05, 3.63) is 48.1 Å². The number of rotatable bonds is 10. The summed E-state index contributed by atoms with van der Waals surface area (Å²) in [6.07, 6.45) is 1.81. The van der Waals surface area contributed by atoms with E-state index in [-0.39, 0.29) is 12.6 Å². The standard InChI is InChI=1S/C17H25F2NO2/c1-4-8-22-12-16(21)11-20(13(3)5-2)10-14-6-7-15(18)9-17(14)19/h4,6-7,9,13,16,21H,1,5,8,10-12H2,2-3H3/t13-,16-/m0/s1. The van der Waals surface area contributed by atoms with Gasteiger partial charge in [-0.15, -0.1) is 6.58 Å². The first-order chi connectivity index (χ1) is 10.5. The van der Waals surface area contributed by atoms with E-state index >= 15 is 0 Å². The fraction of sp³-hybridized carbons (Fsp3) is 0.529. The summed E-state index contributed by atoms with van der Waals surface area (Å²) in [6.45, 7) is 8.85. The number of halogens is 2. The van der Waals surface area contributed by atoms with Gasteiger partial charge < -0.3 is 9.84 Å². The number of nitrogens with zero attached hydrogens (tertiary/aromatic N) is 1. The maximum Gasteiger partial charge on any atom is 0.130 e. The molecule has 0 aliphatic carbocycles. The first kappa shape index (κ1) is 18.7. The quantitative estimate of drug-likeness (QED) is 0.532. The van der Waals surface area contributed by atoms with Crippen molar-refractivity contribution in [3.8, 4) is 0 Å². The summed E-state index contributed by atoms with van der Waals surface area (Å²) in [5.74, 6) is -1.15. The van der Waals surface area contributed by atoms with Crippen LogP contribution in [0.3, 0.4) is 0 Å². The minimum atomic E-state index is -0.669. The Balaban J connectivity index is 2.69. The number of hydrogen-bond donors (Lipinski definition) is 1. The molecule has 1 aromatic carbocycles. The summed E-state index contributed by atoms with van der Waals surface area (Å²) in [6, 6.07) is 3.74. The van der Waals surface area contributed by atoms with Gasteiger partial charge in [0.25, 0.3) is 0 Å². The zero-order chi connectivity index (χ0) is 16.5. The lowest BCUT2D eigenvalue weighted by Gasteiger charge is -2.30. The zero-order valence-corrected chi connectivity index (χ0v) is 13.3. The third-order valence-corrected chi connectivity index (χ3v) is 3.59. The molecule has 0 heterocycles. The second-order valence-corrected chi connectivity index (χ2v) is 5.40. The van der Waals surface area contributed by atoms with Crippen molar-refractivity contribution in [2.75, 3.05) is 19.8 Å². The smallest absolute Gasteiger partial charge is 0.130 e. The van der Waals surface area contributed by atoms with E-state index in [1.54, 1.807) is 6.08 Å². The van der Waals surface area contributed by atoms with Crippen molar-refractivity contribution < 1.29 is 18.6 Å². The van der Waals surface area contributed by atoms with Crippen LogP contribution >= 0.6 is 0 Å². The van der Waals surface area contributed by atoms with Gasteiger partial charge in [0.15, 0.2) is 0 Å². The maximum atomic E-state index is 13.8.